The van der Waals surface area contributed by atoms with Crippen LogP contribution in [0.3, 0.4) is 0 Å². The topological polar surface area (TPSA) is 68.5 Å². The first-order chi connectivity index (χ1) is 10.6. The molecule has 2 rings (SSSR count). The molecule has 2 aromatic rings. The Labute approximate surface area is 128 Å². The molecule has 1 unspecified atom stereocenters. The maximum atomic E-state index is 12.0. The summed E-state index contributed by atoms with van der Waals surface area (Å²) < 4.78 is 10.1. The average Bonchev–Trinajstić information content (AvgIpc) is 2.96. The average molecular weight is 299 g/mol. The summed E-state index contributed by atoms with van der Waals surface area (Å²) in [5, 5.41) is 2.62. The highest BCUT2D eigenvalue weighted by Crippen LogP contribution is 2.14. The van der Waals surface area contributed by atoms with Gasteiger partial charge in [0.05, 0.1) is 7.11 Å². The third-order valence-electron chi connectivity index (χ3n) is 3.02. The van der Waals surface area contributed by atoms with E-state index in [1.165, 1.54) is 13.2 Å². The summed E-state index contributed by atoms with van der Waals surface area (Å²) >= 11 is 0. The number of carbonyl (C=O) groups excluding carboxylic acids is 2. The number of nitrogens with one attached hydrogen (secondary N) is 1. The van der Waals surface area contributed by atoms with Crippen LogP contribution in [0.5, 0.6) is 0 Å². The number of esters is 1. The van der Waals surface area contributed by atoms with Gasteiger partial charge in [0, 0.05) is 6.08 Å². The predicted octanol–water partition coefficient (Wildman–Crippen LogP) is 2.63. The van der Waals surface area contributed by atoms with Gasteiger partial charge in [-0.25, -0.2) is 4.79 Å². The Morgan fingerprint density at radius 2 is 1.91 bits per heavy atom. The predicted molar refractivity (Wildman–Crippen MR) is 81.8 cm³/mol. The SMILES string of the molecule is COC(=O)C(NC(=O)C=Cc1ccc(C)o1)c1ccccc1. The Morgan fingerprint density at radius 1 is 1.18 bits per heavy atom. The fourth-order valence-electron chi connectivity index (χ4n) is 1.93. The fraction of sp³-hybridized carbons (Fsp3) is 0.176. The zero-order chi connectivity index (χ0) is 15.9. The Kier molecular flexibility index (Phi) is 5.14. The van der Waals surface area contributed by atoms with E-state index in [0.29, 0.717) is 11.3 Å². The number of benzene rings is 1. The molecule has 0 aliphatic rings. The first-order valence-corrected chi connectivity index (χ1v) is 6.78. The second kappa shape index (κ2) is 7.26. The normalized spacial score (nSPS) is 12.1. The minimum Gasteiger partial charge on any atom is -0.467 e. The van der Waals surface area contributed by atoms with Crippen LogP contribution in [-0.2, 0) is 14.3 Å². The molecule has 1 aromatic carbocycles. The van der Waals surface area contributed by atoms with E-state index in [1.54, 1.807) is 42.5 Å². The molecule has 0 bridgehead atoms. The minimum atomic E-state index is -0.846. The molecule has 0 aliphatic carbocycles. The number of carbonyl (C=O) groups is 2. The van der Waals surface area contributed by atoms with E-state index in [-0.39, 0.29) is 0 Å². The molecule has 0 saturated carbocycles. The van der Waals surface area contributed by atoms with Crippen LogP contribution in [0.1, 0.15) is 23.1 Å². The molecule has 1 atom stereocenters. The molecular weight excluding hydrogens is 282 g/mol. The summed E-state index contributed by atoms with van der Waals surface area (Å²) in [6, 6.07) is 11.6. The van der Waals surface area contributed by atoms with Crippen LogP contribution in [0, 0.1) is 6.92 Å². The van der Waals surface area contributed by atoms with Crippen molar-refractivity contribution in [2.75, 3.05) is 7.11 Å². The van der Waals surface area contributed by atoms with Gasteiger partial charge in [-0.1, -0.05) is 30.3 Å². The lowest BCUT2D eigenvalue weighted by molar-refractivity contribution is -0.144. The monoisotopic (exact) mass is 299 g/mol. The van der Waals surface area contributed by atoms with Crippen LogP contribution in [-0.4, -0.2) is 19.0 Å². The lowest BCUT2D eigenvalue weighted by Gasteiger charge is -2.15. The van der Waals surface area contributed by atoms with E-state index in [2.05, 4.69) is 5.32 Å². The second-order valence-electron chi connectivity index (χ2n) is 4.66. The van der Waals surface area contributed by atoms with Crippen molar-refractivity contribution in [2.45, 2.75) is 13.0 Å². The van der Waals surface area contributed by atoms with E-state index in [1.807, 2.05) is 13.0 Å². The van der Waals surface area contributed by atoms with Gasteiger partial charge >= 0.3 is 5.97 Å². The third kappa shape index (κ3) is 4.09. The van der Waals surface area contributed by atoms with Gasteiger partial charge < -0.3 is 14.5 Å². The number of furan rings is 1. The number of amides is 1. The van der Waals surface area contributed by atoms with Gasteiger partial charge in [-0.2, -0.15) is 0 Å². The van der Waals surface area contributed by atoms with Gasteiger partial charge in [-0.15, -0.1) is 0 Å². The number of hydrogen-bond acceptors (Lipinski definition) is 4. The zero-order valence-corrected chi connectivity index (χ0v) is 12.4. The standard InChI is InChI=1S/C17H17NO4/c1-12-8-9-14(22-12)10-11-15(19)18-16(17(20)21-2)13-6-4-3-5-7-13/h3-11,16H,1-2H3,(H,18,19). The number of methoxy groups -OCH3 is 1. The highest BCUT2D eigenvalue weighted by Gasteiger charge is 2.22. The molecular formula is C17H17NO4. The molecule has 0 aliphatic heterocycles. The molecule has 114 valence electrons. The molecule has 0 fully saturated rings. The van der Waals surface area contributed by atoms with Crippen molar-refractivity contribution in [3.63, 3.8) is 0 Å². The molecule has 0 radical (unpaired) electrons. The Bertz CT molecular complexity index is 673. The van der Waals surface area contributed by atoms with Gasteiger partial charge in [-0.3, -0.25) is 4.79 Å². The molecule has 0 saturated heterocycles. The van der Waals surface area contributed by atoms with Crippen LogP contribution >= 0.6 is 0 Å². The number of rotatable bonds is 5. The van der Waals surface area contributed by atoms with Gasteiger partial charge in [0.1, 0.15) is 11.5 Å². The van der Waals surface area contributed by atoms with E-state index >= 15 is 0 Å². The first-order valence-electron chi connectivity index (χ1n) is 6.78. The minimum absolute atomic E-state index is 0.409. The van der Waals surface area contributed by atoms with Crippen molar-refractivity contribution >= 4 is 18.0 Å². The van der Waals surface area contributed by atoms with E-state index in [4.69, 9.17) is 9.15 Å². The van der Waals surface area contributed by atoms with Crippen molar-refractivity contribution in [1.29, 1.82) is 0 Å². The fourth-order valence-corrected chi connectivity index (χ4v) is 1.93. The Balaban J connectivity index is 2.08. The molecule has 1 N–H and O–H groups in total. The zero-order valence-electron chi connectivity index (χ0n) is 12.4. The molecule has 5 heteroatoms. The quantitative estimate of drug-likeness (QED) is 0.680. The summed E-state index contributed by atoms with van der Waals surface area (Å²) in [5.74, 6) is 0.397. The summed E-state index contributed by atoms with van der Waals surface area (Å²) in [5.41, 5.74) is 0.657. The van der Waals surface area contributed by atoms with Crippen molar-refractivity contribution in [2.24, 2.45) is 0 Å². The van der Waals surface area contributed by atoms with Crippen molar-refractivity contribution < 1.29 is 18.7 Å². The summed E-state index contributed by atoms with van der Waals surface area (Å²) in [6.45, 7) is 1.82. The lowest BCUT2D eigenvalue weighted by atomic mass is 10.1. The highest BCUT2D eigenvalue weighted by atomic mass is 16.5. The maximum Gasteiger partial charge on any atom is 0.333 e. The molecule has 1 aromatic heterocycles. The third-order valence-corrected chi connectivity index (χ3v) is 3.02. The van der Waals surface area contributed by atoms with E-state index in [0.717, 1.165) is 5.76 Å². The van der Waals surface area contributed by atoms with Gasteiger partial charge in [0.2, 0.25) is 5.91 Å². The number of aryl methyl sites for hydroxylation is 1. The van der Waals surface area contributed by atoms with Crippen LogP contribution in [0.4, 0.5) is 0 Å². The van der Waals surface area contributed by atoms with Gasteiger partial charge in [0.25, 0.3) is 0 Å². The largest absolute Gasteiger partial charge is 0.467 e. The van der Waals surface area contributed by atoms with E-state index in [9.17, 15) is 9.59 Å². The Hall–Kier alpha value is -2.82. The smallest absolute Gasteiger partial charge is 0.333 e. The first kappa shape index (κ1) is 15.6. The lowest BCUT2D eigenvalue weighted by Crippen LogP contribution is -2.33. The van der Waals surface area contributed by atoms with Crippen LogP contribution < -0.4 is 5.32 Å². The van der Waals surface area contributed by atoms with E-state index < -0.39 is 17.9 Å². The molecule has 1 amide bonds. The maximum absolute atomic E-state index is 12.0. The molecule has 5 nitrogen and oxygen atoms in total. The number of hydrogen-bond donors (Lipinski definition) is 1. The summed E-state index contributed by atoms with van der Waals surface area (Å²) in [4.78, 5) is 23.8. The summed E-state index contributed by atoms with van der Waals surface area (Å²) in [6.07, 6.45) is 2.86. The van der Waals surface area contributed by atoms with Crippen molar-refractivity contribution in [1.82, 2.24) is 5.32 Å². The highest BCUT2D eigenvalue weighted by molar-refractivity contribution is 5.94. The van der Waals surface area contributed by atoms with Crippen molar-refractivity contribution in [3.8, 4) is 0 Å². The molecule has 1 heterocycles. The molecule has 0 spiro atoms. The Morgan fingerprint density at radius 3 is 2.50 bits per heavy atom. The number of ether oxygens (including phenoxy) is 1. The summed E-state index contributed by atoms with van der Waals surface area (Å²) in [7, 11) is 1.28. The van der Waals surface area contributed by atoms with Gasteiger partial charge in [0.15, 0.2) is 6.04 Å². The van der Waals surface area contributed by atoms with Crippen LogP contribution in [0.2, 0.25) is 0 Å². The van der Waals surface area contributed by atoms with Crippen LogP contribution in [0.15, 0.2) is 53.0 Å². The van der Waals surface area contributed by atoms with Crippen LogP contribution in [0.25, 0.3) is 6.08 Å². The van der Waals surface area contributed by atoms with Gasteiger partial charge in [-0.05, 0) is 30.7 Å². The molecule has 22 heavy (non-hydrogen) atoms. The van der Waals surface area contributed by atoms with Crippen molar-refractivity contribution in [3.05, 3.63) is 65.6 Å². The second-order valence-corrected chi connectivity index (χ2v) is 4.66.